The van der Waals surface area contributed by atoms with Crippen LogP contribution in [0.5, 0.6) is 0 Å². The van der Waals surface area contributed by atoms with E-state index in [0.29, 0.717) is 11.1 Å². The lowest BCUT2D eigenvalue weighted by molar-refractivity contribution is 0.103. The predicted molar refractivity (Wildman–Crippen MR) is 63.1 cm³/mol. The van der Waals surface area contributed by atoms with Crippen LogP contribution in [0, 0.1) is 6.92 Å². The highest BCUT2D eigenvalue weighted by Crippen LogP contribution is 2.21. The van der Waals surface area contributed by atoms with Gasteiger partial charge in [-0.25, -0.2) is 0 Å². The Hall–Kier alpha value is -1.35. The topological polar surface area (TPSA) is 32.9 Å². The lowest BCUT2D eigenvalue weighted by atomic mass is 10.0. The maximum Gasteiger partial charge on any atom is 0.195 e. The van der Waals surface area contributed by atoms with Crippen LogP contribution in [0.4, 0.5) is 0 Å². The minimum atomic E-state index is 0.0307. The minimum Gasteiger partial charge on any atom is -0.367 e. The number of hydrogen-bond acceptors (Lipinski definition) is 1. The Morgan fingerprint density at radius 2 is 2.13 bits per heavy atom. The third kappa shape index (κ3) is 2.02. The van der Waals surface area contributed by atoms with Crippen molar-refractivity contribution >= 4 is 21.7 Å². The van der Waals surface area contributed by atoms with Crippen LogP contribution in [-0.4, -0.2) is 10.8 Å². The summed E-state index contributed by atoms with van der Waals surface area (Å²) in [6.07, 6.45) is 3.45. The molecule has 0 saturated carbocycles. The highest BCUT2D eigenvalue weighted by Gasteiger charge is 2.12. The molecule has 76 valence electrons. The second kappa shape index (κ2) is 4.03. The third-order valence-corrected chi connectivity index (χ3v) is 2.89. The summed E-state index contributed by atoms with van der Waals surface area (Å²) in [5.41, 5.74) is 2.51. The van der Waals surface area contributed by atoms with Crippen LogP contribution in [-0.2, 0) is 0 Å². The molecule has 0 spiro atoms. The Morgan fingerprint density at radius 1 is 1.33 bits per heavy atom. The quantitative estimate of drug-likeness (QED) is 0.829. The van der Waals surface area contributed by atoms with Gasteiger partial charge in [0.25, 0.3) is 0 Å². The van der Waals surface area contributed by atoms with Gasteiger partial charge in [0.05, 0.1) is 0 Å². The molecule has 3 heteroatoms. The van der Waals surface area contributed by atoms with Gasteiger partial charge in [-0.3, -0.25) is 4.79 Å². The van der Waals surface area contributed by atoms with E-state index in [2.05, 4.69) is 20.9 Å². The van der Waals surface area contributed by atoms with Gasteiger partial charge in [0.1, 0.15) is 0 Å². The Balaban J connectivity index is 2.42. The molecular formula is C12H10BrNO. The second-order valence-corrected chi connectivity index (χ2v) is 4.27. The number of H-pyrrole nitrogens is 1. The van der Waals surface area contributed by atoms with Gasteiger partial charge in [-0.05, 0) is 30.7 Å². The van der Waals surface area contributed by atoms with Crippen LogP contribution in [0.15, 0.2) is 41.1 Å². The van der Waals surface area contributed by atoms with Crippen LogP contribution < -0.4 is 0 Å². The number of rotatable bonds is 2. The molecule has 1 aromatic heterocycles. The summed E-state index contributed by atoms with van der Waals surface area (Å²) in [6, 6.07) is 7.49. The van der Waals surface area contributed by atoms with Crippen molar-refractivity contribution < 1.29 is 4.79 Å². The molecule has 0 atom stereocenters. The smallest absolute Gasteiger partial charge is 0.195 e. The molecule has 0 saturated heterocycles. The van der Waals surface area contributed by atoms with Crippen molar-refractivity contribution in [3.05, 3.63) is 57.8 Å². The molecule has 0 unspecified atom stereocenters. The van der Waals surface area contributed by atoms with Crippen molar-refractivity contribution in [2.24, 2.45) is 0 Å². The molecule has 0 bridgehead atoms. The van der Waals surface area contributed by atoms with E-state index in [1.165, 1.54) is 0 Å². The average Bonchev–Trinajstić information content (AvgIpc) is 2.69. The van der Waals surface area contributed by atoms with Gasteiger partial charge >= 0.3 is 0 Å². The average molecular weight is 264 g/mol. The van der Waals surface area contributed by atoms with Gasteiger partial charge in [-0.15, -0.1) is 0 Å². The van der Waals surface area contributed by atoms with E-state index in [4.69, 9.17) is 0 Å². The highest BCUT2D eigenvalue weighted by atomic mass is 79.9. The van der Waals surface area contributed by atoms with Crippen molar-refractivity contribution in [2.75, 3.05) is 0 Å². The summed E-state index contributed by atoms with van der Waals surface area (Å²) in [5, 5.41) is 0. The number of nitrogens with one attached hydrogen (secondary N) is 1. The molecule has 1 aromatic carbocycles. The first-order valence-electron chi connectivity index (χ1n) is 4.62. The number of hydrogen-bond donors (Lipinski definition) is 1. The first-order chi connectivity index (χ1) is 7.18. The Kier molecular flexibility index (Phi) is 2.73. The number of carbonyl (C=O) groups is 1. The predicted octanol–water partition coefficient (Wildman–Crippen LogP) is 3.32. The normalized spacial score (nSPS) is 10.3. The second-order valence-electron chi connectivity index (χ2n) is 3.41. The first-order valence-corrected chi connectivity index (χ1v) is 5.41. The van der Waals surface area contributed by atoms with Crippen molar-refractivity contribution in [1.82, 2.24) is 4.98 Å². The fourth-order valence-electron chi connectivity index (χ4n) is 1.42. The summed E-state index contributed by atoms with van der Waals surface area (Å²) >= 11 is 3.40. The van der Waals surface area contributed by atoms with E-state index in [0.717, 1.165) is 10.0 Å². The first kappa shape index (κ1) is 10.2. The van der Waals surface area contributed by atoms with Gasteiger partial charge in [0, 0.05) is 28.0 Å². The lowest BCUT2D eigenvalue weighted by Gasteiger charge is -2.02. The number of aromatic amines is 1. The maximum atomic E-state index is 12.0. The summed E-state index contributed by atoms with van der Waals surface area (Å²) in [6.45, 7) is 2.00. The van der Waals surface area contributed by atoms with E-state index >= 15 is 0 Å². The van der Waals surface area contributed by atoms with Crippen LogP contribution in [0.3, 0.4) is 0 Å². The van der Waals surface area contributed by atoms with Gasteiger partial charge in [-0.2, -0.15) is 0 Å². The third-order valence-electron chi connectivity index (χ3n) is 2.23. The van der Waals surface area contributed by atoms with Crippen LogP contribution in [0.2, 0.25) is 0 Å². The highest BCUT2D eigenvalue weighted by molar-refractivity contribution is 9.10. The SMILES string of the molecule is Cc1ccc(C(=O)c2cc[nH]c2)c(Br)c1. The molecule has 15 heavy (non-hydrogen) atoms. The lowest BCUT2D eigenvalue weighted by Crippen LogP contribution is -2.00. The van der Waals surface area contributed by atoms with Gasteiger partial charge in [-0.1, -0.05) is 22.0 Å². The summed E-state index contributed by atoms with van der Waals surface area (Å²) in [5.74, 6) is 0.0307. The summed E-state index contributed by atoms with van der Waals surface area (Å²) in [4.78, 5) is 14.9. The van der Waals surface area contributed by atoms with E-state index in [-0.39, 0.29) is 5.78 Å². The number of halogens is 1. The summed E-state index contributed by atoms with van der Waals surface area (Å²) in [7, 11) is 0. The number of carbonyl (C=O) groups excluding carboxylic acids is 1. The Bertz CT molecular complexity index is 488. The molecule has 2 nitrogen and oxygen atoms in total. The number of aryl methyl sites for hydroxylation is 1. The molecule has 0 aliphatic carbocycles. The number of benzene rings is 1. The number of aromatic nitrogens is 1. The van der Waals surface area contributed by atoms with Crippen LogP contribution in [0.1, 0.15) is 21.5 Å². The molecule has 2 aromatic rings. The monoisotopic (exact) mass is 263 g/mol. The van der Waals surface area contributed by atoms with Gasteiger partial charge in [0.2, 0.25) is 0 Å². The van der Waals surface area contributed by atoms with Crippen LogP contribution >= 0.6 is 15.9 Å². The van der Waals surface area contributed by atoms with Crippen LogP contribution in [0.25, 0.3) is 0 Å². The Morgan fingerprint density at radius 3 is 2.73 bits per heavy atom. The van der Waals surface area contributed by atoms with Crippen molar-refractivity contribution in [2.45, 2.75) is 6.92 Å². The van der Waals surface area contributed by atoms with E-state index < -0.39 is 0 Å². The molecule has 0 radical (unpaired) electrons. The fraction of sp³-hybridized carbons (Fsp3) is 0.0833. The van der Waals surface area contributed by atoms with Gasteiger partial charge in [0.15, 0.2) is 5.78 Å². The minimum absolute atomic E-state index is 0.0307. The van der Waals surface area contributed by atoms with E-state index in [1.54, 1.807) is 18.5 Å². The zero-order chi connectivity index (χ0) is 10.8. The molecule has 1 N–H and O–H groups in total. The molecule has 0 amide bonds. The maximum absolute atomic E-state index is 12.0. The van der Waals surface area contributed by atoms with E-state index in [9.17, 15) is 4.79 Å². The van der Waals surface area contributed by atoms with Gasteiger partial charge < -0.3 is 4.98 Å². The summed E-state index contributed by atoms with van der Waals surface area (Å²) < 4.78 is 0.841. The zero-order valence-electron chi connectivity index (χ0n) is 8.25. The Labute approximate surface area is 96.5 Å². The van der Waals surface area contributed by atoms with Crippen molar-refractivity contribution in [1.29, 1.82) is 0 Å². The van der Waals surface area contributed by atoms with Crippen molar-refractivity contribution in [3.63, 3.8) is 0 Å². The van der Waals surface area contributed by atoms with E-state index in [1.807, 2.05) is 25.1 Å². The molecule has 0 aliphatic rings. The number of ketones is 1. The molecule has 0 fully saturated rings. The molecule has 1 heterocycles. The standard InChI is InChI=1S/C12H10BrNO/c1-8-2-3-10(11(13)6-8)12(15)9-4-5-14-7-9/h2-7,14H,1H3. The molecular weight excluding hydrogens is 254 g/mol. The fourth-order valence-corrected chi connectivity index (χ4v) is 2.10. The largest absolute Gasteiger partial charge is 0.367 e. The zero-order valence-corrected chi connectivity index (χ0v) is 9.84. The van der Waals surface area contributed by atoms with Crippen molar-refractivity contribution in [3.8, 4) is 0 Å². The molecule has 2 rings (SSSR count). The molecule has 0 aliphatic heterocycles.